The molecule has 0 spiro atoms. The average molecular weight is 220 g/mol. The van der Waals surface area contributed by atoms with E-state index in [1.807, 2.05) is 26.0 Å². The quantitative estimate of drug-likeness (QED) is 0.829. The molecule has 0 radical (unpaired) electrons. The number of hydrogen-bond donors (Lipinski definition) is 1. The van der Waals surface area contributed by atoms with E-state index in [9.17, 15) is 5.11 Å². The summed E-state index contributed by atoms with van der Waals surface area (Å²) in [5.74, 6) is 0.852. The molecular formula is C14H20O2. The molecule has 2 rings (SSSR count). The molecule has 1 aliphatic carbocycles. The molecule has 16 heavy (non-hydrogen) atoms. The Morgan fingerprint density at radius 3 is 2.69 bits per heavy atom. The number of benzene rings is 1. The lowest BCUT2D eigenvalue weighted by Crippen LogP contribution is -2.12. The van der Waals surface area contributed by atoms with Crippen LogP contribution in [0.15, 0.2) is 18.2 Å². The van der Waals surface area contributed by atoms with Gasteiger partial charge in [-0.2, -0.15) is 0 Å². The van der Waals surface area contributed by atoms with Gasteiger partial charge in [0, 0.05) is 0 Å². The topological polar surface area (TPSA) is 29.5 Å². The molecular weight excluding hydrogens is 200 g/mol. The van der Waals surface area contributed by atoms with Crippen molar-refractivity contribution < 1.29 is 9.84 Å². The summed E-state index contributed by atoms with van der Waals surface area (Å²) in [4.78, 5) is 0. The van der Waals surface area contributed by atoms with Crippen LogP contribution in [0.1, 0.15) is 51.3 Å². The van der Waals surface area contributed by atoms with E-state index in [-0.39, 0.29) is 17.6 Å². The smallest absolute Gasteiger partial charge is 0.120 e. The van der Waals surface area contributed by atoms with Crippen molar-refractivity contribution in [2.24, 2.45) is 0 Å². The molecule has 1 aromatic carbocycles. The molecule has 0 bridgehead atoms. The lowest BCUT2D eigenvalue weighted by atomic mass is 9.86. The van der Waals surface area contributed by atoms with E-state index in [2.05, 4.69) is 19.9 Å². The fraction of sp³-hybridized carbons (Fsp3) is 0.571. The molecule has 1 unspecified atom stereocenters. The van der Waals surface area contributed by atoms with Crippen molar-refractivity contribution in [3.63, 3.8) is 0 Å². The first-order valence-corrected chi connectivity index (χ1v) is 5.89. The van der Waals surface area contributed by atoms with Gasteiger partial charge < -0.3 is 9.84 Å². The number of aliphatic hydroxyl groups is 1. The SMILES string of the molecule is CC(C)Oc1ccc2c(c1)C(O)CC2(C)C. The van der Waals surface area contributed by atoms with Gasteiger partial charge in [-0.05, 0) is 48.9 Å². The summed E-state index contributed by atoms with van der Waals surface area (Å²) < 4.78 is 5.64. The van der Waals surface area contributed by atoms with E-state index in [1.165, 1.54) is 5.56 Å². The zero-order chi connectivity index (χ0) is 11.9. The maximum atomic E-state index is 10.0. The predicted molar refractivity (Wildman–Crippen MR) is 64.8 cm³/mol. The third-order valence-corrected chi connectivity index (χ3v) is 3.19. The second kappa shape index (κ2) is 3.77. The first-order valence-electron chi connectivity index (χ1n) is 5.89. The molecule has 0 saturated carbocycles. The zero-order valence-corrected chi connectivity index (χ0v) is 10.4. The molecule has 2 heteroatoms. The lowest BCUT2D eigenvalue weighted by Gasteiger charge is -2.19. The van der Waals surface area contributed by atoms with Gasteiger partial charge in [-0.15, -0.1) is 0 Å². The Labute approximate surface area is 97.3 Å². The Morgan fingerprint density at radius 2 is 2.06 bits per heavy atom. The molecule has 0 amide bonds. The van der Waals surface area contributed by atoms with Gasteiger partial charge in [0.1, 0.15) is 5.75 Å². The lowest BCUT2D eigenvalue weighted by molar-refractivity contribution is 0.161. The average Bonchev–Trinajstić information content (AvgIpc) is 2.36. The van der Waals surface area contributed by atoms with Gasteiger partial charge in [-0.1, -0.05) is 19.9 Å². The first kappa shape index (κ1) is 11.5. The van der Waals surface area contributed by atoms with Gasteiger partial charge in [0.05, 0.1) is 12.2 Å². The van der Waals surface area contributed by atoms with Crippen molar-refractivity contribution in [3.8, 4) is 5.75 Å². The second-order valence-corrected chi connectivity index (χ2v) is 5.52. The van der Waals surface area contributed by atoms with E-state index < -0.39 is 0 Å². The van der Waals surface area contributed by atoms with Crippen molar-refractivity contribution in [3.05, 3.63) is 29.3 Å². The minimum atomic E-state index is -0.347. The summed E-state index contributed by atoms with van der Waals surface area (Å²) in [5, 5.41) is 10.0. The van der Waals surface area contributed by atoms with Crippen LogP contribution in [-0.4, -0.2) is 11.2 Å². The highest BCUT2D eigenvalue weighted by Crippen LogP contribution is 2.45. The molecule has 0 heterocycles. The highest BCUT2D eigenvalue weighted by molar-refractivity contribution is 5.44. The first-order chi connectivity index (χ1) is 7.40. The Kier molecular flexibility index (Phi) is 2.70. The molecule has 1 atom stereocenters. The van der Waals surface area contributed by atoms with Gasteiger partial charge in [0.2, 0.25) is 0 Å². The molecule has 0 fully saturated rings. The third kappa shape index (κ3) is 1.94. The summed E-state index contributed by atoms with van der Waals surface area (Å²) >= 11 is 0. The van der Waals surface area contributed by atoms with Crippen molar-refractivity contribution in [2.45, 2.75) is 51.7 Å². The van der Waals surface area contributed by atoms with Crippen LogP contribution >= 0.6 is 0 Å². The van der Waals surface area contributed by atoms with Gasteiger partial charge in [0.25, 0.3) is 0 Å². The summed E-state index contributed by atoms with van der Waals surface area (Å²) in [6.07, 6.45) is 0.623. The summed E-state index contributed by atoms with van der Waals surface area (Å²) in [5.41, 5.74) is 2.35. The van der Waals surface area contributed by atoms with Crippen LogP contribution in [0.4, 0.5) is 0 Å². The second-order valence-electron chi connectivity index (χ2n) is 5.52. The fourth-order valence-electron chi connectivity index (χ4n) is 2.48. The van der Waals surface area contributed by atoms with Gasteiger partial charge >= 0.3 is 0 Å². The predicted octanol–water partition coefficient (Wildman–Crippen LogP) is 3.19. The van der Waals surface area contributed by atoms with Crippen LogP contribution < -0.4 is 4.74 Å². The van der Waals surface area contributed by atoms with E-state index in [0.29, 0.717) is 0 Å². The standard InChI is InChI=1S/C14H20O2/c1-9(2)16-10-5-6-12-11(7-10)13(15)8-14(12,3)4/h5-7,9,13,15H,8H2,1-4H3. The Morgan fingerprint density at radius 1 is 1.38 bits per heavy atom. The van der Waals surface area contributed by atoms with Crippen LogP contribution in [0.3, 0.4) is 0 Å². The summed E-state index contributed by atoms with van der Waals surface area (Å²) in [6, 6.07) is 6.07. The fourth-order valence-corrected chi connectivity index (χ4v) is 2.48. The Balaban J connectivity index is 2.37. The van der Waals surface area contributed by atoms with Crippen molar-refractivity contribution >= 4 is 0 Å². The van der Waals surface area contributed by atoms with Crippen molar-refractivity contribution in [2.75, 3.05) is 0 Å². The molecule has 1 aromatic rings. The Hall–Kier alpha value is -1.02. The molecule has 0 aliphatic heterocycles. The summed E-state index contributed by atoms with van der Waals surface area (Å²) in [6.45, 7) is 8.36. The molecule has 88 valence electrons. The zero-order valence-electron chi connectivity index (χ0n) is 10.4. The van der Waals surface area contributed by atoms with Crippen LogP contribution in [0.25, 0.3) is 0 Å². The number of hydrogen-bond acceptors (Lipinski definition) is 2. The van der Waals surface area contributed by atoms with E-state index in [4.69, 9.17) is 4.74 Å². The van der Waals surface area contributed by atoms with Gasteiger partial charge in [-0.3, -0.25) is 0 Å². The number of ether oxygens (including phenoxy) is 1. The maximum Gasteiger partial charge on any atom is 0.120 e. The van der Waals surface area contributed by atoms with Crippen LogP contribution in [0, 0.1) is 0 Å². The van der Waals surface area contributed by atoms with Crippen molar-refractivity contribution in [1.29, 1.82) is 0 Å². The van der Waals surface area contributed by atoms with Gasteiger partial charge in [0.15, 0.2) is 0 Å². The van der Waals surface area contributed by atoms with E-state index >= 15 is 0 Å². The highest BCUT2D eigenvalue weighted by atomic mass is 16.5. The Bertz CT molecular complexity index is 394. The monoisotopic (exact) mass is 220 g/mol. The van der Waals surface area contributed by atoms with Crippen LogP contribution in [-0.2, 0) is 5.41 Å². The van der Waals surface area contributed by atoms with Crippen molar-refractivity contribution in [1.82, 2.24) is 0 Å². The highest BCUT2D eigenvalue weighted by Gasteiger charge is 2.35. The molecule has 1 N–H and O–H groups in total. The minimum absolute atomic E-state index is 0.0745. The van der Waals surface area contributed by atoms with Gasteiger partial charge in [-0.25, -0.2) is 0 Å². The number of aliphatic hydroxyl groups excluding tert-OH is 1. The number of rotatable bonds is 2. The third-order valence-electron chi connectivity index (χ3n) is 3.19. The number of fused-ring (bicyclic) bond motifs is 1. The summed E-state index contributed by atoms with van der Waals surface area (Å²) in [7, 11) is 0. The molecule has 0 aromatic heterocycles. The molecule has 1 aliphatic rings. The minimum Gasteiger partial charge on any atom is -0.491 e. The molecule has 0 saturated heterocycles. The normalized spacial score (nSPS) is 22.2. The van der Waals surface area contributed by atoms with Crippen LogP contribution in [0.5, 0.6) is 5.75 Å². The van der Waals surface area contributed by atoms with E-state index in [0.717, 1.165) is 17.7 Å². The maximum absolute atomic E-state index is 10.0. The van der Waals surface area contributed by atoms with E-state index in [1.54, 1.807) is 0 Å². The largest absolute Gasteiger partial charge is 0.491 e. The molecule has 2 nitrogen and oxygen atoms in total. The van der Waals surface area contributed by atoms with Crippen LogP contribution in [0.2, 0.25) is 0 Å².